The summed E-state index contributed by atoms with van der Waals surface area (Å²) in [5, 5.41) is 10.2. The zero-order valence-corrected chi connectivity index (χ0v) is 16.0. The van der Waals surface area contributed by atoms with Crippen LogP contribution in [0.2, 0.25) is 0 Å². The third kappa shape index (κ3) is 12.6. The number of carbonyl (C=O) groups is 2. The van der Waals surface area contributed by atoms with E-state index in [0.29, 0.717) is 0 Å². The van der Waals surface area contributed by atoms with Gasteiger partial charge in [-0.3, -0.25) is 9.59 Å². The highest BCUT2D eigenvalue weighted by molar-refractivity contribution is 5.93. The number of hydrogen-bond donors (Lipinski definition) is 2. The maximum absolute atomic E-state index is 11.4. The summed E-state index contributed by atoms with van der Waals surface area (Å²) in [7, 11) is 3.51. The van der Waals surface area contributed by atoms with Crippen LogP contribution in [0.1, 0.15) is 49.5 Å². The van der Waals surface area contributed by atoms with E-state index in [0.717, 1.165) is 17.0 Å². The maximum atomic E-state index is 11.4. The van der Waals surface area contributed by atoms with Crippen molar-refractivity contribution in [3.05, 3.63) is 35.4 Å². The van der Waals surface area contributed by atoms with Crippen molar-refractivity contribution in [2.24, 2.45) is 5.92 Å². The average molecular weight is 338 g/mol. The summed E-state index contributed by atoms with van der Waals surface area (Å²) in [6, 6.07) is 7.59. The average Bonchev–Trinajstić information content (AvgIpc) is 2.58. The first-order valence-corrected chi connectivity index (χ1v) is 8.49. The lowest BCUT2D eigenvalue weighted by atomic mass is 10.0. The van der Waals surface area contributed by atoms with Crippen LogP contribution in [0.15, 0.2) is 24.3 Å². The Balaban J connectivity index is 0. The number of aryl methyl sites for hydroxylation is 1. The van der Waals surface area contributed by atoms with Crippen LogP contribution in [0.5, 0.6) is 0 Å². The molecule has 138 valence electrons. The molecule has 1 aromatic rings. The van der Waals surface area contributed by atoms with Gasteiger partial charge in [-0.15, -0.1) is 0 Å². The molecule has 1 amide bonds. The summed E-state index contributed by atoms with van der Waals surface area (Å²) < 4.78 is 0. The van der Waals surface area contributed by atoms with E-state index >= 15 is 0 Å². The number of benzene rings is 1. The molecule has 1 aliphatic heterocycles. The minimum Gasteiger partial charge on any atom is -0.483 e. The van der Waals surface area contributed by atoms with Crippen molar-refractivity contribution in [3.8, 4) is 0 Å². The Morgan fingerprint density at radius 1 is 1.33 bits per heavy atom. The largest absolute Gasteiger partial charge is 0.483 e. The highest BCUT2D eigenvalue weighted by Crippen LogP contribution is 2.06. The van der Waals surface area contributed by atoms with Crippen molar-refractivity contribution in [3.63, 3.8) is 0 Å². The Hall–Kier alpha value is -1.88. The van der Waals surface area contributed by atoms with Crippen molar-refractivity contribution in [1.29, 1.82) is 0 Å². The summed E-state index contributed by atoms with van der Waals surface area (Å²) in [4.78, 5) is 21.4. The Morgan fingerprint density at radius 2 is 1.92 bits per heavy atom. The second-order valence-corrected chi connectivity index (χ2v) is 5.63. The highest BCUT2D eigenvalue weighted by Gasteiger charge is 2.06. The number of carboxylic acid groups (broad SMARTS) is 1. The second kappa shape index (κ2) is 16.0. The van der Waals surface area contributed by atoms with Gasteiger partial charge in [0.1, 0.15) is 0 Å². The second-order valence-electron chi connectivity index (χ2n) is 5.63. The molecule has 0 bridgehead atoms. The van der Waals surface area contributed by atoms with E-state index in [1.807, 2.05) is 45.0 Å². The molecule has 0 spiro atoms. The topological polar surface area (TPSA) is 69.6 Å². The van der Waals surface area contributed by atoms with Gasteiger partial charge in [0, 0.05) is 19.7 Å². The number of carbonyl (C=O) groups excluding carboxylic acids is 1. The molecule has 5 heteroatoms. The third-order valence-electron chi connectivity index (χ3n) is 3.21. The van der Waals surface area contributed by atoms with Gasteiger partial charge in [-0.05, 0) is 50.9 Å². The third-order valence-corrected chi connectivity index (χ3v) is 3.21. The number of piperidine rings is 1. The fourth-order valence-electron chi connectivity index (χ4n) is 2.06. The molecule has 0 aromatic heterocycles. The standard InChI is InChI=1S/C10H13NO.C6H13N.C2H6.CH2O2/c1-8-5-4-6-9(7-8)10(12)11(2)3;1-6-3-2-4-7-5-6;1-2;2-1-3/h4-7H,1-3H3;6-7H,2-5H2,1H3;1-2H3;1H,(H,2,3)/t;6-;;/m.1../s1. The predicted octanol–water partition coefficient (Wildman–Crippen LogP) is 3.43. The lowest BCUT2D eigenvalue weighted by Crippen LogP contribution is -2.27. The van der Waals surface area contributed by atoms with Gasteiger partial charge >= 0.3 is 0 Å². The molecule has 1 heterocycles. The van der Waals surface area contributed by atoms with E-state index in [1.165, 1.54) is 25.9 Å². The zero-order valence-electron chi connectivity index (χ0n) is 16.0. The van der Waals surface area contributed by atoms with E-state index in [4.69, 9.17) is 9.90 Å². The predicted molar refractivity (Wildman–Crippen MR) is 101 cm³/mol. The van der Waals surface area contributed by atoms with Crippen LogP contribution in [0, 0.1) is 12.8 Å². The molecule has 5 nitrogen and oxygen atoms in total. The van der Waals surface area contributed by atoms with Gasteiger partial charge in [-0.25, -0.2) is 0 Å². The Labute approximate surface area is 147 Å². The van der Waals surface area contributed by atoms with Gasteiger partial charge in [-0.2, -0.15) is 0 Å². The monoisotopic (exact) mass is 338 g/mol. The molecule has 1 aromatic carbocycles. The van der Waals surface area contributed by atoms with Crippen molar-refractivity contribution in [1.82, 2.24) is 10.2 Å². The molecule has 0 radical (unpaired) electrons. The quantitative estimate of drug-likeness (QED) is 0.770. The molecule has 0 unspecified atom stereocenters. The minimum atomic E-state index is -0.250. The first-order valence-electron chi connectivity index (χ1n) is 8.49. The number of rotatable bonds is 1. The van der Waals surface area contributed by atoms with Crippen LogP contribution in [0.25, 0.3) is 0 Å². The Bertz CT molecular complexity index is 442. The van der Waals surface area contributed by atoms with Gasteiger partial charge in [0.15, 0.2) is 0 Å². The SMILES string of the molecule is CC.C[C@@H]1CCCNC1.Cc1cccc(C(=O)N(C)C)c1.O=CO. The number of nitrogens with zero attached hydrogens (tertiary/aromatic N) is 1. The van der Waals surface area contributed by atoms with Gasteiger partial charge in [-0.1, -0.05) is 38.5 Å². The Kier molecular flexibility index (Phi) is 16.2. The summed E-state index contributed by atoms with van der Waals surface area (Å²) in [5.74, 6) is 0.979. The highest BCUT2D eigenvalue weighted by atomic mass is 16.3. The number of nitrogens with one attached hydrogen (secondary N) is 1. The zero-order chi connectivity index (χ0) is 19.0. The van der Waals surface area contributed by atoms with Crippen molar-refractivity contribution in [2.45, 2.75) is 40.5 Å². The molecule has 1 saturated heterocycles. The first kappa shape index (κ1) is 24.4. The van der Waals surface area contributed by atoms with Crippen LogP contribution in [-0.2, 0) is 4.79 Å². The molecule has 1 atom stereocenters. The molecule has 1 aliphatic rings. The Morgan fingerprint density at radius 3 is 2.25 bits per heavy atom. The molecule has 24 heavy (non-hydrogen) atoms. The van der Waals surface area contributed by atoms with Crippen molar-refractivity contribution in [2.75, 3.05) is 27.2 Å². The lowest BCUT2D eigenvalue weighted by molar-refractivity contribution is -0.122. The number of hydrogen-bond acceptors (Lipinski definition) is 3. The minimum absolute atomic E-state index is 0.0544. The summed E-state index contributed by atoms with van der Waals surface area (Å²) in [6.07, 6.45) is 2.80. The normalized spacial score (nSPS) is 15.2. The van der Waals surface area contributed by atoms with Crippen LogP contribution < -0.4 is 5.32 Å². The summed E-state index contributed by atoms with van der Waals surface area (Å²) >= 11 is 0. The van der Waals surface area contributed by atoms with E-state index in [2.05, 4.69) is 12.2 Å². The number of amides is 1. The molecular weight excluding hydrogens is 304 g/mol. The van der Waals surface area contributed by atoms with E-state index in [9.17, 15) is 4.79 Å². The fourth-order valence-corrected chi connectivity index (χ4v) is 2.06. The van der Waals surface area contributed by atoms with Crippen molar-refractivity contribution < 1.29 is 14.7 Å². The van der Waals surface area contributed by atoms with Gasteiger partial charge < -0.3 is 15.3 Å². The van der Waals surface area contributed by atoms with Crippen LogP contribution in [-0.4, -0.2) is 49.6 Å². The summed E-state index contributed by atoms with van der Waals surface area (Å²) in [6.45, 7) is 10.5. The lowest BCUT2D eigenvalue weighted by Gasteiger charge is -2.17. The van der Waals surface area contributed by atoms with Gasteiger partial charge in [0.25, 0.3) is 12.4 Å². The van der Waals surface area contributed by atoms with Gasteiger partial charge in [0.05, 0.1) is 0 Å². The van der Waals surface area contributed by atoms with Crippen molar-refractivity contribution >= 4 is 12.4 Å². The van der Waals surface area contributed by atoms with E-state index < -0.39 is 0 Å². The first-order chi connectivity index (χ1) is 11.4. The van der Waals surface area contributed by atoms with Crippen LogP contribution in [0.3, 0.4) is 0 Å². The fraction of sp³-hybridized carbons (Fsp3) is 0.579. The molecule has 1 fully saturated rings. The van der Waals surface area contributed by atoms with Crippen LogP contribution >= 0.6 is 0 Å². The van der Waals surface area contributed by atoms with Crippen LogP contribution in [0.4, 0.5) is 0 Å². The molecule has 0 aliphatic carbocycles. The maximum Gasteiger partial charge on any atom is 0.290 e. The molecule has 2 rings (SSSR count). The summed E-state index contributed by atoms with van der Waals surface area (Å²) in [5.41, 5.74) is 1.86. The van der Waals surface area contributed by atoms with Gasteiger partial charge in [0.2, 0.25) is 0 Å². The molecule has 2 N–H and O–H groups in total. The smallest absolute Gasteiger partial charge is 0.290 e. The van der Waals surface area contributed by atoms with E-state index in [-0.39, 0.29) is 12.4 Å². The molecular formula is C19H34N2O3. The molecule has 0 saturated carbocycles. The van der Waals surface area contributed by atoms with E-state index in [1.54, 1.807) is 19.0 Å².